The fraction of sp³-hybridized carbons (Fsp3) is 0.941. The second kappa shape index (κ2) is 31.6. The van der Waals surface area contributed by atoms with E-state index < -0.39 is 51.8 Å². The highest BCUT2D eigenvalue weighted by Crippen LogP contribution is 2.43. The van der Waals surface area contributed by atoms with Gasteiger partial charge >= 0.3 is 19.8 Å². The van der Waals surface area contributed by atoms with E-state index in [1.54, 1.807) is 0 Å². The first kappa shape index (κ1) is 44.0. The minimum atomic E-state index is -4.60. The molecule has 0 radical (unpaired) electrons. The molecule has 0 aliphatic rings. The largest absolute Gasteiger partial charge is 0.472 e. The van der Waals surface area contributed by atoms with E-state index in [0.29, 0.717) is 12.8 Å². The molecule has 0 bridgehead atoms. The van der Waals surface area contributed by atoms with Crippen LogP contribution in [0.1, 0.15) is 168 Å². The monoisotopic (exact) mass is 666 g/mol. The standard InChI is InChI=1S/C34H67O10P/c1-3-5-7-9-11-13-14-15-16-17-18-20-22-24-26-34(38)44-32(30-43-45(39,40)42-28-31(36)27-35)29-41-33(37)25-23-21-19-12-10-8-6-4-2/h31-32,35-36H,3-30H2,1-2H3,(H,39,40)/t31-,32+/m0/s1. The van der Waals surface area contributed by atoms with Crippen LogP contribution < -0.4 is 0 Å². The second-order valence-corrected chi connectivity index (χ2v) is 13.7. The van der Waals surface area contributed by atoms with Crippen molar-refractivity contribution in [1.29, 1.82) is 0 Å². The Bertz CT molecular complexity index is 736. The molecule has 45 heavy (non-hydrogen) atoms. The highest BCUT2D eigenvalue weighted by Gasteiger charge is 2.27. The molecule has 0 aromatic heterocycles. The lowest BCUT2D eigenvalue weighted by Crippen LogP contribution is -2.29. The molecule has 0 spiro atoms. The number of aliphatic hydroxyl groups excluding tert-OH is 2. The van der Waals surface area contributed by atoms with Crippen LogP contribution in [0, 0.1) is 0 Å². The van der Waals surface area contributed by atoms with Crippen LogP contribution in [0.25, 0.3) is 0 Å². The van der Waals surface area contributed by atoms with Crippen molar-refractivity contribution in [2.24, 2.45) is 0 Å². The number of carbonyl (C=O) groups is 2. The number of hydrogen-bond acceptors (Lipinski definition) is 9. The molecule has 0 aliphatic heterocycles. The zero-order chi connectivity index (χ0) is 33.4. The lowest BCUT2D eigenvalue weighted by Gasteiger charge is -2.20. The molecule has 0 saturated carbocycles. The van der Waals surface area contributed by atoms with E-state index in [4.69, 9.17) is 19.1 Å². The molecule has 0 amide bonds. The molecule has 0 aromatic carbocycles. The van der Waals surface area contributed by atoms with Gasteiger partial charge in [0.05, 0.1) is 19.8 Å². The van der Waals surface area contributed by atoms with Gasteiger partial charge < -0.3 is 24.6 Å². The number of ether oxygens (including phenoxy) is 2. The fourth-order valence-electron chi connectivity index (χ4n) is 4.93. The number of phosphoric acid groups is 1. The Balaban J connectivity index is 4.34. The van der Waals surface area contributed by atoms with Gasteiger partial charge in [0.2, 0.25) is 0 Å². The van der Waals surface area contributed by atoms with Crippen LogP contribution in [0.15, 0.2) is 0 Å². The summed E-state index contributed by atoms with van der Waals surface area (Å²) < 4.78 is 32.4. The molecule has 11 heteroatoms. The summed E-state index contributed by atoms with van der Waals surface area (Å²) in [6.07, 6.45) is 23.7. The summed E-state index contributed by atoms with van der Waals surface area (Å²) in [7, 11) is -4.60. The summed E-state index contributed by atoms with van der Waals surface area (Å²) in [6, 6.07) is 0. The number of rotatable bonds is 34. The lowest BCUT2D eigenvalue weighted by molar-refractivity contribution is -0.161. The number of phosphoric ester groups is 1. The molecule has 1 unspecified atom stereocenters. The first-order valence-corrected chi connectivity index (χ1v) is 19.5. The smallest absolute Gasteiger partial charge is 0.462 e. The van der Waals surface area contributed by atoms with E-state index in [2.05, 4.69) is 18.4 Å². The average molecular weight is 667 g/mol. The molecular formula is C34H67O10P. The highest BCUT2D eigenvalue weighted by atomic mass is 31.2. The van der Waals surface area contributed by atoms with Gasteiger partial charge in [0, 0.05) is 12.8 Å². The van der Waals surface area contributed by atoms with Crippen molar-refractivity contribution in [3.63, 3.8) is 0 Å². The van der Waals surface area contributed by atoms with Gasteiger partial charge in [0.1, 0.15) is 12.7 Å². The second-order valence-electron chi connectivity index (χ2n) is 12.3. The number of unbranched alkanes of at least 4 members (excludes halogenated alkanes) is 20. The van der Waals surface area contributed by atoms with Gasteiger partial charge in [-0.25, -0.2) is 4.57 Å². The van der Waals surface area contributed by atoms with Gasteiger partial charge in [-0.3, -0.25) is 18.6 Å². The van der Waals surface area contributed by atoms with E-state index >= 15 is 0 Å². The summed E-state index contributed by atoms with van der Waals surface area (Å²) >= 11 is 0. The summed E-state index contributed by atoms with van der Waals surface area (Å²) in [5.74, 6) is -0.922. The fourth-order valence-corrected chi connectivity index (χ4v) is 5.72. The van der Waals surface area contributed by atoms with Crippen LogP contribution in [-0.2, 0) is 32.7 Å². The van der Waals surface area contributed by atoms with Gasteiger partial charge in [-0.2, -0.15) is 0 Å². The molecule has 0 aromatic rings. The van der Waals surface area contributed by atoms with E-state index in [1.807, 2.05) is 0 Å². The van der Waals surface area contributed by atoms with Crippen LogP contribution in [-0.4, -0.2) is 65.7 Å². The van der Waals surface area contributed by atoms with Crippen molar-refractivity contribution in [3.05, 3.63) is 0 Å². The first-order chi connectivity index (χ1) is 21.7. The summed E-state index contributed by atoms with van der Waals surface area (Å²) in [5.41, 5.74) is 0. The van der Waals surface area contributed by atoms with Crippen molar-refractivity contribution >= 4 is 19.8 Å². The van der Waals surface area contributed by atoms with Crippen molar-refractivity contribution in [3.8, 4) is 0 Å². The van der Waals surface area contributed by atoms with Gasteiger partial charge in [-0.15, -0.1) is 0 Å². The lowest BCUT2D eigenvalue weighted by atomic mass is 10.0. The zero-order valence-corrected chi connectivity index (χ0v) is 29.5. The highest BCUT2D eigenvalue weighted by molar-refractivity contribution is 7.47. The van der Waals surface area contributed by atoms with Gasteiger partial charge in [-0.1, -0.05) is 142 Å². The molecular weight excluding hydrogens is 599 g/mol. The Morgan fingerprint density at radius 1 is 0.578 bits per heavy atom. The Hall–Kier alpha value is -1.03. The predicted molar refractivity (Wildman–Crippen MR) is 178 cm³/mol. The molecule has 10 nitrogen and oxygen atoms in total. The third-order valence-corrected chi connectivity index (χ3v) is 8.71. The van der Waals surface area contributed by atoms with Crippen LogP contribution in [0.5, 0.6) is 0 Å². The maximum atomic E-state index is 12.5. The Morgan fingerprint density at radius 2 is 0.956 bits per heavy atom. The van der Waals surface area contributed by atoms with Crippen LogP contribution in [0.3, 0.4) is 0 Å². The molecule has 0 rings (SSSR count). The summed E-state index contributed by atoms with van der Waals surface area (Å²) in [6.45, 7) is 2.34. The van der Waals surface area contributed by atoms with Crippen molar-refractivity contribution < 1.29 is 47.8 Å². The number of esters is 2. The third kappa shape index (κ3) is 31.3. The normalized spacial score (nSPS) is 14.2. The number of hydrogen-bond donors (Lipinski definition) is 3. The Morgan fingerprint density at radius 3 is 1.38 bits per heavy atom. The van der Waals surface area contributed by atoms with Gasteiger partial charge in [0.25, 0.3) is 0 Å². The topological polar surface area (TPSA) is 149 Å². The van der Waals surface area contributed by atoms with Crippen LogP contribution >= 0.6 is 7.82 Å². The molecule has 3 N–H and O–H groups in total. The molecule has 0 aliphatic carbocycles. The molecule has 0 heterocycles. The minimum Gasteiger partial charge on any atom is -0.462 e. The average Bonchev–Trinajstić information content (AvgIpc) is 3.02. The van der Waals surface area contributed by atoms with Crippen molar-refractivity contribution in [2.75, 3.05) is 26.4 Å². The van der Waals surface area contributed by atoms with E-state index in [0.717, 1.165) is 38.5 Å². The molecule has 0 saturated heterocycles. The maximum Gasteiger partial charge on any atom is 0.472 e. The SMILES string of the molecule is CCCCCCCCCCCCCCCCC(=O)O[C@H](COC(=O)CCCCCCCCCC)COP(=O)(O)OC[C@@H](O)CO. The Kier molecular flexibility index (Phi) is 30.8. The van der Waals surface area contributed by atoms with Gasteiger partial charge in [-0.05, 0) is 12.8 Å². The number of aliphatic hydroxyl groups is 2. The summed E-state index contributed by atoms with van der Waals surface area (Å²) in [4.78, 5) is 34.6. The van der Waals surface area contributed by atoms with Crippen LogP contribution in [0.4, 0.5) is 0 Å². The quantitative estimate of drug-likeness (QED) is 0.0348. The minimum absolute atomic E-state index is 0.191. The summed E-state index contributed by atoms with van der Waals surface area (Å²) in [5, 5.41) is 18.2. The first-order valence-electron chi connectivity index (χ1n) is 18.0. The molecule has 3 atom stereocenters. The zero-order valence-electron chi connectivity index (χ0n) is 28.6. The maximum absolute atomic E-state index is 12.5. The van der Waals surface area contributed by atoms with Crippen molar-refractivity contribution in [2.45, 2.75) is 180 Å². The van der Waals surface area contributed by atoms with Crippen LogP contribution in [0.2, 0.25) is 0 Å². The molecule has 268 valence electrons. The van der Waals surface area contributed by atoms with E-state index in [9.17, 15) is 24.2 Å². The van der Waals surface area contributed by atoms with Gasteiger partial charge in [0.15, 0.2) is 6.10 Å². The molecule has 0 fully saturated rings. The van der Waals surface area contributed by atoms with Crippen molar-refractivity contribution in [1.82, 2.24) is 0 Å². The Labute approximate surface area is 273 Å². The predicted octanol–water partition coefficient (Wildman–Crippen LogP) is 8.33. The van der Waals surface area contributed by atoms with E-state index in [1.165, 1.54) is 89.9 Å². The third-order valence-electron chi connectivity index (χ3n) is 7.76. The van der Waals surface area contributed by atoms with E-state index in [-0.39, 0.29) is 19.4 Å². The number of carbonyl (C=O) groups excluding carboxylic acids is 2.